The summed E-state index contributed by atoms with van der Waals surface area (Å²) in [7, 11) is 0. The molecule has 0 saturated carbocycles. The van der Waals surface area contributed by atoms with Crippen LogP contribution in [0.5, 0.6) is 0 Å². The second kappa shape index (κ2) is 15.5. The normalized spacial score (nSPS) is 11.4. The topological polar surface area (TPSA) is 43.9 Å². The molecule has 0 radical (unpaired) electrons. The highest BCUT2D eigenvalue weighted by molar-refractivity contribution is 6.15. The molecule has 0 saturated heterocycles. The number of aromatic nitrogens is 3. The molecule has 0 spiro atoms. The lowest BCUT2D eigenvalue weighted by atomic mass is 9.95. The zero-order valence-electron chi connectivity index (χ0n) is 34.5. The Morgan fingerprint density at radius 3 is 1.66 bits per heavy atom. The average molecular weight is 796 g/mol. The molecule has 0 bridgehead atoms. The van der Waals surface area contributed by atoms with Gasteiger partial charge in [-0.2, -0.15) is 0 Å². The van der Waals surface area contributed by atoms with Gasteiger partial charge in [0.1, 0.15) is 11.2 Å². The minimum atomic E-state index is 0.638. The van der Waals surface area contributed by atoms with E-state index in [2.05, 4.69) is 199 Å². The molecule has 3 aromatic heterocycles. The first-order valence-electron chi connectivity index (χ1n) is 21.3. The molecule has 0 atom stereocenters. The Hall–Kier alpha value is -8.08. The molecule has 9 aromatic carbocycles. The van der Waals surface area contributed by atoms with Crippen LogP contribution in [0.4, 0.5) is 0 Å². The smallest absolute Gasteiger partial charge is 0.235 e. The Labute approximate surface area is 360 Å². The van der Waals surface area contributed by atoms with Crippen LogP contribution in [0.1, 0.15) is 13.8 Å². The fraction of sp³-hybridized carbons (Fsp3) is 0.0345. The second-order valence-corrected chi connectivity index (χ2v) is 15.4. The molecule has 62 heavy (non-hydrogen) atoms. The van der Waals surface area contributed by atoms with Gasteiger partial charge < -0.3 is 4.42 Å². The van der Waals surface area contributed by atoms with Gasteiger partial charge in [0.2, 0.25) is 5.95 Å². The third-order valence-electron chi connectivity index (χ3n) is 11.8. The summed E-state index contributed by atoms with van der Waals surface area (Å²) >= 11 is 0. The summed E-state index contributed by atoms with van der Waals surface area (Å²) in [5.41, 5.74) is 16.0. The lowest BCUT2D eigenvalue weighted by Crippen LogP contribution is -2.04. The van der Waals surface area contributed by atoms with Crippen molar-refractivity contribution in [2.45, 2.75) is 13.8 Å². The first-order chi connectivity index (χ1) is 30.7. The fourth-order valence-corrected chi connectivity index (χ4v) is 8.95. The number of para-hydroxylation sites is 3. The molecule has 0 amide bonds. The predicted octanol–water partition coefficient (Wildman–Crippen LogP) is 16.0. The van der Waals surface area contributed by atoms with Crippen LogP contribution >= 0.6 is 0 Å². The van der Waals surface area contributed by atoms with Crippen LogP contribution in [0.2, 0.25) is 0 Å². The maximum absolute atomic E-state index is 6.14. The van der Waals surface area contributed by atoms with Gasteiger partial charge in [0, 0.05) is 38.1 Å². The van der Waals surface area contributed by atoms with Crippen LogP contribution < -0.4 is 0 Å². The van der Waals surface area contributed by atoms with Crippen molar-refractivity contribution in [1.29, 1.82) is 0 Å². The van der Waals surface area contributed by atoms with Crippen LogP contribution in [-0.2, 0) is 0 Å². The summed E-state index contributed by atoms with van der Waals surface area (Å²) in [4.78, 5) is 10.7. The van der Waals surface area contributed by atoms with Crippen molar-refractivity contribution < 1.29 is 4.42 Å². The number of hydrogen-bond donors (Lipinski definition) is 0. The van der Waals surface area contributed by atoms with E-state index < -0.39 is 0 Å². The minimum absolute atomic E-state index is 0.638. The highest BCUT2D eigenvalue weighted by Crippen LogP contribution is 2.41. The molecular weight excluding hydrogens is 755 g/mol. The molecular formula is C58H41N3O. The molecule has 4 nitrogen and oxygen atoms in total. The Balaban J connectivity index is 0.00000213. The third kappa shape index (κ3) is 6.32. The van der Waals surface area contributed by atoms with Crippen molar-refractivity contribution >= 4 is 54.6 Å². The summed E-state index contributed by atoms with van der Waals surface area (Å²) in [5, 5.41) is 5.57. The van der Waals surface area contributed by atoms with Gasteiger partial charge in [-0.1, -0.05) is 178 Å². The average Bonchev–Trinajstić information content (AvgIpc) is 3.90. The molecule has 294 valence electrons. The summed E-state index contributed by atoms with van der Waals surface area (Å²) in [6.45, 7) is 4.00. The fourth-order valence-electron chi connectivity index (χ4n) is 8.95. The largest absolute Gasteiger partial charge is 0.456 e. The number of hydrogen-bond acceptors (Lipinski definition) is 3. The van der Waals surface area contributed by atoms with Crippen LogP contribution in [-0.4, -0.2) is 14.5 Å². The summed E-state index contributed by atoms with van der Waals surface area (Å²) in [6, 6.07) is 75.2. The highest BCUT2D eigenvalue weighted by atomic mass is 16.3. The van der Waals surface area contributed by atoms with E-state index in [0.29, 0.717) is 5.95 Å². The number of furan rings is 1. The first-order valence-corrected chi connectivity index (χ1v) is 21.3. The maximum atomic E-state index is 6.14. The van der Waals surface area contributed by atoms with E-state index in [4.69, 9.17) is 14.4 Å². The summed E-state index contributed by atoms with van der Waals surface area (Å²) < 4.78 is 8.41. The van der Waals surface area contributed by atoms with Crippen molar-refractivity contribution in [2.75, 3.05) is 0 Å². The van der Waals surface area contributed by atoms with Gasteiger partial charge in [-0.25, -0.2) is 9.97 Å². The molecule has 3 heterocycles. The third-order valence-corrected chi connectivity index (χ3v) is 11.8. The number of benzene rings is 9. The van der Waals surface area contributed by atoms with Gasteiger partial charge in [-0.05, 0) is 87.5 Å². The van der Waals surface area contributed by atoms with Gasteiger partial charge in [-0.15, -0.1) is 0 Å². The molecule has 12 aromatic rings. The van der Waals surface area contributed by atoms with Gasteiger partial charge in [0.25, 0.3) is 0 Å². The summed E-state index contributed by atoms with van der Waals surface area (Å²) in [6.07, 6.45) is 0. The van der Waals surface area contributed by atoms with E-state index in [0.717, 1.165) is 99.3 Å². The van der Waals surface area contributed by atoms with E-state index in [1.807, 2.05) is 32.0 Å². The van der Waals surface area contributed by atoms with Crippen molar-refractivity contribution in [1.82, 2.24) is 14.5 Å². The standard InChI is InChI=1S/C56H35N3O.C2H6/c1-3-14-36(15-4-1)41-28-30-51-48(34-41)46-25-13-24-44(55(46)59(51)56-57-50-26-9-7-23-47(50)54(58-56)37-16-5-2-6-17-37)43-21-12-20-40(33-43)38-18-11-19-39(32-38)42-29-31-53-49(35-42)45-22-8-10-27-52(45)60-53;1-2/h1-35H;1-2H3. The molecule has 0 aliphatic heterocycles. The lowest BCUT2D eigenvalue weighted by molar-refractivity contribution is 0.669. The van der Waals surface area contributed by atoms with E-state index in [1.165, 1.54) is 11.1 Å². The molecule has 12 rings (SSSR count). The van der Waals surface area contributed by atoms with E-state index >= 15 is 0 Å². The number of fused-ring (bicyclic) bond motifs is 7. The first kappa shape index (κ1) is 37.0. The molecule has 0 aliphatic carbocycles. The Morgan fingerprint density at radius 1 is 0.355 bits per heavy atom. The zero-order valence-corrected chi connectivity index (χ0v) is 34.5. The van der Waals surface area contributed by atoms with Crippen molar-refractivity contribution in [3.8, 4) is 61.7 Å². The Morgan fingerprint density at radius 2 is 0.887 bits per heavy atom. The molecule has 0 unspecified atom stereocenters. The van der Waals surface area contributed by atoms with Crippen molar-refractivity contribution in [3.63, 3.8) is 0 Å². The van der Waals surface area contributed by atoms with E-state index in [-0.39, 0.29) is 0 Å². The molecule has 4 heteroatoms. The van der Waals surface area contributed by atoms with Gasteiger partial charge in [-0.3, -0.25) is 4.57 Å². The summed E-state index contributed by atoms with van der Waals surface area (Å²) in [5.74, 6) is 0.638. The van der Waals surface area contributed by atoms with Crippen LogP contribution in [0.25, 0.3) is 116 Å². The zero-order chi connectivity index (χ0) is 41.6. The monoisotopic (exact) mass is 795 g/mol. The highest BCUT2D eigenvalue weighted by Gasteiger charge is 2.21. The number of rotatable bonds is 6. The van der Waals surface area contributed by atoms with E-state index in [1.54, 1.807) is 0 Å². The molecule has 0 N–H and O–H groups in total. The van der Waals surface area contributed by atoms with Crippen molar-refractivity contribution in [3.05, 3.63) is 212 Å². The molecule has 0 aliphatic rings. The second-order valence-electron chi connectivity index (χ2n) is 15.4. The van der Waals surface area contributed by atoms with Gasteiger partial charge >= 0.3 is 0 Å². The van der Waals surface area contributed by atoms with Gasteiger partial charge in [0.15, 0.2) is 0 Å². The predicted molar refractivity (Wildman–Crippen MR) is 260 cm³/mol. The van der Waals surface area contributed by atoms with Crippen LogP contribution in [0, 0.1) is 0 Å². The molecule has 0 fully saturated rings. The SMILES string of the molecule is CC.c1ccc(-c2ccc3c(c2)c2cccc(-c4cccc(-c5cccc(-c6ccc7oc8ccccc8c7c6)c5)c4)c2n3-c2nc(-c3ccccc3)c3ccccc3n2)cc1. The number of nitrogens with zero attached hydrogens (tertiary/aromatic N) is 3. The Kier molecular flexibility index (Phi) is 9.24. The quantitative estimate of drug-likeness (QED) is 0.168. The maximum Gasteiger partial charge on any atom is 0.235 e. The van der Waals surface area contributed by atoms with E-state index in [9.17, 15) is 0 Å². The van der Waals surface area contributed by atoms with Gasteiger partial charge in [0.05, 0.1) is 22.2 Å². The van der Waals surface area contributed by atoms with Crippen LogP contribution in [0.15, 0.2) is 217 Å². The van der Waals surface area contributed by atoms with Crippen molar-refractivity contribution in [2.24, 2.45) is 0 Å². The van der Waals surface area contributed by atoms with Crippen LogP contribution in [0.3, 0.4) is 0 Å². The Bertz CT molecular complexity index is 3600. The minimum Gasteiger partial charge on any atom is -0.456 e. The lowest BCUT2D eigenvalue weighted by Gasteiger charge is -2.14.